The SMILES string of the molecule is NC(=NCc1ccc(OCC(F)(F)F)cc1)Nc1ccccc1. The molecule has 122 valence electrons. The summed E-state index contributed by atoms with van der Waals surface area (Å²) in [5.74, 6) is 0.416. The van der Waals surface area contributed by atoms with E-state index < -0.39 is 12.8 Å². The summed E-state index contributed by atoms with van der Waals surface area (Å²) in [5, 5.41) is 2.94. The summed E-state index contributed by atoms with van der Waals surface area (Å²) in [7, 11) is 0. The monoisotopic (exact) mass is 323 g/mol. The Balaban J connectivity index is 1.87. The molecule has 0 amide bonds. The number of anilines is 1. The van der Waals surface area contributed by atoms with Gasteiger partial charge in [0.25, 0.3) is 0 Å². The molecule has 0 spiro atoms. The maximum atomic E-state index is 12.0. The molecule has 0 saturated carbocycles. The minimum Gasteiger partial charge on any atom is -0.484 e. The van der Waals surface area contributed by atoms with Crippen molar-refractivity contribution in [2.75, 3.05) is 11.9 Å². The minimum absolute atomic E-state index is 0.158. The summed E-state index contributed by atoms with van der Waals surface area (Å²) in [4.78, 5) is 4.17. The first-order valence-corrected chi connectivity index (χ1v) is 6.83. The molecule has 2 aromatic carbocycles. The molecule has 0 aromatic heterocycles. The first kappa shape index (κ1) is 16.7. The van der Waals surface area contributed by atoms with Crippen LogP contribution >= 0.6 is 0 Å². The first-order chi connectivity index (χ1) is 10.9. The number of ether oxygens (including phenoxy) is 1. The Bertz CT molecular complexity index is 640. The Morgan fingerprint density at radius 1 is 1.04 bits per heavy atom. The molecule has 0 unspecified atom stereocenters. The van der Waals surface area contributed by atoms with E-state index in [1.165, 1.54) is 12.1 Å². The molecule has 7 heteroatoms. The lowest BCUT2D eigenvalue weighted by atomic mass is 10.2. The van der Waals surface area contributed by atoms with E-state index in [-0.39, 0.29) is 11.7 Å². The number of benzene rings is 2. The van der Waals surface area contributed by atoms with Gasteiger partial charge in [-0.05, 0) is 29.8 Å². The number of nitrogens with two attached hydrogens (primary N) is 1. The summed E-state index contributed by atoms with van der Waals surface area (Å²) in [6.07, 6.45) is -4.35. The third kappa shape index (κ3) is 6.29. The van der Waals surface area contributed by atoms with Gasteiger partial charge < -0.3 is 15.8 Å². The molecule has 0 bridgehead atoms. The van der Waals surface area contributed by atoms with Gasteiger partial charge in [-0.15, -0.1) is 0 Å². The van der Waals surface area contributed by atoms with Crippen molar-refractivity contribution < 1.29 is 17.9 Å². The molecule has 0 saturated heterocycles. The number of guanidine groups is 1. The molecule has 2 aromatic rings. The molecule has 4 nitrogen and oxygen atoms in total. The van der Waals surface area contributed by atoms with Gasteiger partial charge in [0, 0.05) is 5.69 Å². The largest absolute Gasteiger partial charge is 0.484 e. The second-order valence-electron chi connectivity index (χ2n) is 4.74. The van der Waals surface area contributed by atoms with E-state index in [0.717, 1.165) is 11.3 Å². The van der Waals surface area contributed by atoms with Crippen molar-refractivity contribution in [3.8, 4) is 5.75 Å². The molecule has 0 aliphatic rings. The zero-order valence-corrected chi connectivity index (χ0v) is 12.2. The number of aliphatic imine (C=N–C) groups is 1. The fraction of sp³-hybridized carbons (Fsp3) is 0.188. The Hall–Kier alpha value is -2.70. The van der Waals surface area contributed by atoms with Crippen LogP contribution in [-0.4, -0.2) is 18.7 Å². The lowest BCUT2D eigenvalue weighted by Crippen LogP contribution is -2.22. The summed E-state index contributed by atoms with van der Waals surface area (Å²) < 4.78 is 40.8. The summed E-state index contributed by atoms with van der Waals surface area (Å²) in [5.41, 5.74) is 7.40. The highest BCUT2D eigenvalue weighted by molar-refractivity contribution is 5.92. The number of halogens is 3. The molecule has 0 heterocycles. The summed E-state index contributed by atoms with van der Waals surface area (Å²) in [6, 6.07) is 15.6. The number of hydrogen-bond donors (Lipinski definition) is 2. The molecule has 23 heavy (non-hydrogen) atoms. The van der Waals surface area contributed by atoms with Crippen LogP contribution < -0.4 is 15.8 Å². The topological polar surface area (TPSA) is 59.6 Å². The van der Waals surface area contributed by atoms with Crippen molar-refractivity contribution >= 4 is 11.6 Å². The normalized spacial score (nSPS) is 12.0. The van der Waals surface area contributed by atoms with E-state index in [1.807, 2.05) is 30.3 Å². The number of para-hydroxylation sites is 1. The maximum absolute atomic E-state index is 12.0. The molecule has 2 rings (SSSR count). The third-order valence-corrected chi connectivity index (χ3v) is 2.80. The van der Waals surface area contributed by atoms with Crippen molar-refractivity contribution in [2.45, 2.75) is 12.7 Å². The van der Waals surface area contributed by atoms with Crippen LogP contribution in [0.2, 0.25) is 0 Å². The van der Waals surface area contributed by atoms with Gasteiger partial charge in [-0.3, -0.25) is 0 Å². The van der Waals surface area contributed by atoms with Crippen LogP contribution in [0, 0.1) is 0 Å². The first-order valence-electron chi connectivity index (χ1n) is 6.83. The van der Waals surface area contributed by atoms with Crippen molar-refractivity contribution in [1.29, 1.82) is 0 Å². The van der Waals surface area contributed by atoms with Gasteiger partial charge in [0.2, 0.25) is 0 Å². The lowest BCUT2D eigenvalue weighted by molar-refractivity contribution is -0.153. The number of hydrogen-bond acceptors (Lipinski definition) is 2. The Morgan fingerprint density at radius 3 is 2.30 bits per heavy atom. The predicted octanol–water partition coefficient (Wildman–Crippen LogP) is 3.55. The zero-order valence-electron chi connectivity index (χ0n) is 12.2. The average Bonchev–Trinajstić information content (AvgIpc) is 2.52. The smallest absolute Gasteiger partial charge is 0.422 e. The summed E-state index contributed by atoms with van der Waals surface area (Å²) in [6.45, 7) is -0.996. The van der Waals surface area contributed by atoms with Crippen LogP contribution in [0.5, 0.6) is 5.75 Å². The van der Waals surface area contributed by atoms with Crippen molar-refractivity contribution in [2.24, 2.45) is 10.7 Å². The third-order valence-electron chi connectivity index (χ3n) is 2.80. The van der Waals surface area contributed by atoms with E-state index in [9.17, 15) is 13.2 Å². The predicted molar refractivity (Wildman–Crippen MR) is 83.4 cm³/mol. The van der Waals surface area contributed by atoms with E-state index in [4.69, 9.17) is 5.73 Å². The van der Waals surface area contributed by atoms with E-state index >= 15 is 0 Å². The maximum Gasteiger partial charge on any atom is 0.422 e. The fourth-order valence-corrected chi connectivity index (χ4v) is 1.74. The van der Waals surface area contributed by atoms with Crippen molar-refractivity contribution in [3.05, 3.63) is 60.2 Å². The van der Waals surface area contributed by atoms with Crippen LogP contribution in [0.1, 0.15) is 5.56 Å². The fourth-order valence-electron chi connectivity index (χ4n) is 1.74. The van der Waals surface area contributed by atoms with Gasteiger partial charge in [0.05, 0.1) is 6.54 Å². The van der Waals surface area contributed by atoms with Gasteiger partial charge >= 0.3 is 6.18 Å². The van der Waals surface area contributed by atoms with Crippen LogP contribution in [0.15, 0.2) is 59.6 Å². The standard InChI is InChI=1S/C16H16F3N3O/c17-16(18,19)11-23-14-8-6-12(7-9-14)10-21-15(20)22-13-4-2-1-3-5-13/h1-9H,10-11H2,(H3,20,21,22). The van der Waals surface area contributed by atoms with Crippen LogP contribution in [-0.2, 0) is 6.54 Å². The second kappa shape index (κ2) is 7.53. The highest BCUT2D eigenvalue weighted by Crippen LogP contribution is 2.19. The Labute approximate surface area is 131 Å². The van der Waals surface area contributed by atoms with E-state index in [2.05, 4.69) is 15.0 Å². The second-order valence-corrected chi connectivity index (χ2v) is 4.74. The van der Waals surface area contributed by atoms with Crippen LogP contribution in [0.3, 0.4) is 0 Å². The van der Waals surface area contributed by atoms with Gasteiger partial charge in [-0.2, -0.15) is 13.2 Å². The minimum atomic E-state index is -4.35. The molecular weight excluding hydrogens is 307 g/mol. The highest BCUT2D eigenvalue weighted by atomic mass is 19.4. The van der Waals surface area contributed by atoms with Gasteiger partial charge in [-0.1, -0.05) is 30.3 Å². The molecule has 0 aliphatic heterocycles. The van der Waals surface area contributed by atoms with E-state index in [1.54, 1.807) is 12.1 Å². The molecule has 0 fully saturated rings. The van der Waals surface area contributed by atoms with Gasteiger partial charge in [0.15, 0.2) is 12.6 Å². The Kier molecular flexibility index (Phi) is 5.46. The molecular formula is C16H16F3N3O. The van der Waals surface area contributed by atoms with Crippen molar-refractivity contribution in [3.63, 3.8) is 0 Å². The van der Waals surface area contributed by atoms with Crippen LogP contribution in [0.4, 0.5) is 18.9 Å². The molecule has 0 atom stereocenters. The molecule has 3 N–H and O–H groups in total. The van der Waals surface area contributed by atoms with E-state index in [0.29, 0.717) is 6.54 Å². The number of rotatable bonds is 5. The highest BCUT2D eigenvalue weighted by Gasteiger charge is 2.28. The number of nitrogens with zero attached hydrogens (tertiary/aromatic N) is 1. The summed E-state index contributed by atoms with van der Waals surface area (Å²) >= 11 is 0. The van der Waals surface area contributed by atoms with Gasteiger partial charge in [-0.25, -0.2) is 4.99 Å². The molecule has 0 aliphatic carbocycles. The number of alkyl halides is 3. The Morgan fingerprint density at radius 2 is 1.70 bits per heavy atom. The number of nitrogens with one attached hydrogen (secondary N) is 1. The van der Waals surface area contributed by atoms with Crippen molar-refractivity contribution in [1.82, 2.24) is 0 Å². The zero-order chi connectivity index (χ0) is 16.7. The van der Waals surface area contributed by atoms with Crippen LogP contribution in [0.25, 0.3) is 0 Å². The quantitative estimate of drug-likeness (QED) is 0.653. The van der Waals surface area contributed by atoms with Gasteiger partial charge in [0.1, 0.15) is 5.75 Å². The average molecular weight is 323 g/mol. The lowest BCUT2D eigenvalue weighted by Gasteiger charge is -2.09. The molecule has 0 radical (unpaired) electrons.